The summed E-state index contributed by atoms with van der Waals surface area (Å²) in [4.78, 5) is 12.8. The molecule has 34 heavy (non-hydrogen) atoms. The lowest BCUT2D eigenvalue weighted by Gasteiger charge is -2.18. The van der Waals surface area contributed by atoms with Gasteiger partial charge in [0, 0.05) is 18.7 Å². The SMILES string of the molecule is CCN(CC)S(=O)(=O)c1cccc(-c2nnc(S[C@@H](C)C(=O)Nc3ccccc3C#N)n2N)c1. The third-order valence-electron chi connectivity index (χ3n) is 5.06. The molecule has 0 saturated heterocycles. The number of nitriles is 1. The van der Waals surface area contributed by atoms with E-state index in [2.05, 4.69) is 15.5 Å². The smallest absolute Gasteiger partial charge is 0.243 e. The normalized spacial score (nSPS) is 12.3. The molecule has 0 saturated carbocycles. The van der Waals surface area contributed by atoms with Gasteiger partial charge < -0.3 is 11.2 Å². The van der Waals surface area contributed by atoms with Gasteiger partial charge in [-0.2, -0.15) is 9.57 Å². The van der Waals surface area contributed by atoms with Crippen molar-refractivity contribution in [2.24, 2.45) is 0 Å². The Morgan fingerprint density at radius 1 is 1.21 bits per heavy atom. The zero-order valence-corrected chi connectivity index (χ0v) is 20.6. The van der Waals surface area contributed by atoms with Gasteiger partial charge in [-0.05, 0) is 31.2 Å². The summed E-state index contributed by atoms with van der Waals surface area (Å²) in [5, 5.41) is 19.8. The van der Waals surface area contributed by atoms with E-state index < -0.39 is 15.3 Å². The van der Waals surface area contributed by atoms with Gasteiger partial charge in [0.15, 0.2) is 5.82 Å². The fraction of sp³-hybridized carbons (Fsp3) is 0.273. The summed E-state index contributed by atoms with van der Waals surface area (Å²) in [5.41, 5.74) is 1.26. The van der Waals surface area contributed by atoms with Gasteiger partial charge in [0.25, 0.3) is 0 Å². The highest BCUT2D eigenvalue weighted by molar-refractivity contribution is 8.00. The van der Waals surface area contributed by atoms with Crippen molar-refractivity contribution in [3.63, 3.8) is 0 Å². The predicted molar refractivity (Wildman–Crippen MR) is 131 cm³/mol. The summed E-state index contributed by atoms with van der Waals surface area (Å²) in [7, 11) is -3.65. The van der Waals surface area contributed by atoms with Crippen LogP contribution in [0.5, 0.6) is 0 Å². The van der Waals surface area contributed by atoms with Crippen LogP contribution in [-0.2, 0) is 14.8 Å². The summed E-state index contributed by atoms with van der Waals surface area (Å²) in [6.07, 6.45) is 0. The van der Waals surface area contributed by atoms with Gasteiger partial charge in [-0.25, -0.2) is 13.1 Å². The second-order valence-corrected chi connectivity index (χ2v) is 10.4. The van der Waals surface area contributed by atoms with Crippen LogP contribution in [0.3, 0.4) is 0 Å². The van der Waals surface area contributed by atoms with Crippen LogP contribution in [0, 0.1) is 11.3 Å². The van der Waals surface area contributed by atoms with Crippen LogP contribution in [0.2, 0.25) is 0 Å². The maximum atomic E-state index is 12.9. The van der Waals surface area contributed by atoms with Gasteiger partial charge in [-0.1, -0.05) is 49.9 Å². The first kappa shape index (κ1) is 25.2. The molecule has 0 aliphatic heterocycles. The zero-order chi connectivity index (χ0) is 24.9. The van der Waals surface area contributed by atoms with E-state index in [0.29, 0.717) is 29.9 Å². The van der Waals surface area contributed by atoms with Gasteiger partial charge in [0.2, 0.25) is 21.1 Å². The molecule has 12 heteroatoms. The lowest BCUT2D eigenvalue weighted by atomic mass is 10.2. The van der Waals surface area contributed by atoms with Gasteiger partial charge in [0.05, 0.1) is 21.4 Å². The summed E-state index contributed by atoms with van der Waals surface area (Å²) >= 11 is 1.09. The van der Waals surface area contributed by atoms with E-state index >= 15 is 0 Å². The average Bonchev–Trinajstić information content (AvgIpc) is 3.19. The average molecular weight is 500 g/mol. The van der Waals surface area contributed by atoms with Crippen LogP contribution in [0.4, 0.5) is 5.69 Å². The van der Waals surface area contributed by atoms with Crippen LogP contribution < -0.4 is 11.2 Å². The molecule has 0 radical (unpaired) electrons. The van der Waals surface area contributed by atoms with Gasteiger partial charge in [0.1, 0.15) is 6.07 Å². The number of hydrogen-bond acceptors (Lipinski definition) is 8. The Hall–Kier alpha value is -3.40. The highest BCUT2D eigenvalue weighted by Crippen LogP contribution is 2.27. The number of aromatic nitrogens is 3. The van der Waals surface area contributed by atoms with Gasteiger partial charge in [-0.3, -0.25) is 4.79 Å². The van der Waals surface area contributed by atoms with Crippen molar-refractivity contribution in [1.29, 1.82) is 5.26 Å². The number of para-hydroxylation sites is 1. The maximum absolute atomic E-state index is 12.9. The quantitative estimate of drug-likeness (QED) is 0.337. The van der Waals surface area contributed by atoms with E-state index in [9.17, 15) is 18.5 Å². The van der Waals surface area contributed by atoms with E-state index in [1.165, 1.54) is 21.1 Å². The van der Waals surface area contributed by atoms with Crippen molar-refractivity contribution >= 4 is 33.4 Å². The number of hydrogen-bond donors (Lipinski definition) is 2. The number of nitrogens with two attached hydrogens (primary N) is 1. The maximum Gasteiger partial charge on any atom is 0.243 e. The van der Waals surface area contributed by atoms with E-state index in [0.717, 1.165) is 11.8 Å². The van der Waals surface area contributed by atoms with Crippen molar-refractivity contribution in [2.75, 3.05) is 24.2 Å². The molecule has 0 aliphatic carbocycles. The molecule has 1 aromatic heterocycles. The minimum Gasteiger partial charge on any atom is -0.335 e. The molecule has 3 N–H and O–H groups in total. The largest absolute Gasteiger partial charge is 0.335 e. The second-order valence-electron chi connectivity index (χ2n) is 7.20. The Kier molecular flexibility index (Phi) is 7.93. The third kappa shape index (κ3) is 5.22. The minimum atomic E-state index is -3.65. The number of nitrogens with one attached hydrogen (secondary N) is 1. The monoisotopic (exact) mass is 499 g/mol. The van der Waals surface area contributed by atoms with Crippen LogP contribution >= 0.6 is 11.8 Å². The lowest BCUT2D eigenvalue weighted by Crippen LogP contribution is -2.30. The summed E-state index contributed by atoms with van der Waals surface area (Å²) in [6.45, 7) is 5.95. The van der Waals surface area contributed by atoms with E-state index in [1.54, 1.807) is 57.2 Å². The highest BCUT2D eigenvalue weighted by atomic mass is 32.2. The number of sulfonamides is 1. The summed E-state index contributed by atoms with van der Waals surface area (Å²) in [5.74, 6) is 6.13. The molecule has 0 spiro atoms. The second kappa shape index (κ2) is 10.7. The predicted octanol–water partition coefficient (Wildman–Crippen LogP) is 2.68. The molecule has 178 valence electrons. The van der Waals surface area contributed by atoms with Crippen molar-refractivity contribution in [1.82, 2.24) is 19.2 Å². The number of nitrogens with zero attached hydrogens (tertiary/aromatic N) is 5. The molecule has 0 bridgehead atoms. The van der Waals surface area contributed by atoms with Crippen LogP contribution in [0.15, 0.2) is 58.6 Å². The fourth-order valence-corrected chi connectivity index (χ4v) is 5.47. The number of rotatable bonds is 9. The third-order valence-corrected chi connectivity index (χ3v) is 8.16. The van der Waals surface area contributed by atoms with Gasteiger partial charge >= 0.3 is 0 Å². The number of benzene rings is 2. The van der Waals surface area contributed by atoms with Crippen molar-refractivity contribution in [3.8, 4) is 17.5 Å². The topological polar surface area (TPSA) is 147 Å². The fourth-order valence-electron chi connectivity index (χ4n) is 3.20. The molecular formula is C22H25N7O3S2. The van der Waals surface area contributed by atoms with Crippen LogP contribution in [-0.4, -0.2) is 51.8 Å². The molecule has 2 aromatic carbocycles. The number of carbonyl (C=O) groups excluding carboxylic acids is 1. The molecule has 1 heterocycles. The molecule has 10 nitrogen and oxygen atoms in total. The number of nitrogen functional groups attached to an aromatic ring is 1. The number of amides is 1. The zero-order valence-electron chi connectivity index (χ0n) is 19.0. The molecule has 3 aromatic rings. The number of carbonyl (C=O) groups is 1. The van der Waals surface area contributed by atoms with Crippen LogP contribution in [0.1, 0.15) is 26.3 Å². The Morgan fingerprint density at radius 2 is 1.91 bits per heavy atom. The van der Waals surface area contributed by atoms with Crippen LogP contribution in [0.25, 0.3) is 11.4 Å². The first-order valence-electron chi connectivity index (χ1n) is 10.5. The molecule has 3 rings (SSSR count). The first-order valence-corrected chi connectivity index (χ1v) is 12.8. The molecule has 1 amide bonds. The number of thioether (sulfide) groups is 1. The lowest BCUT2D eigenvalue weighted by molar-refractivity contribution is -0.115. The molecule has 1 atom stereocenters. The Labute approximate surface area is 202 Å². The molecule has 0 fully saturated rings. The summed E-state index contributed by atoms with van der Waals surface area (Å²) in [6, 6.07) is 15.1. The van der Waals surface area contributed by atoms with Crippen molar-refractivity contribution in [2.45, 2.75) is 36.1 Å². The first-order chi connectivity index (χ1) is 16.2. The van der Waals surface area contributed by atoms with E-state index in [-0.39, 0.29) is 21.8 Å². The minimum absolute atomic E-state index is 0.134. The number of anilines is 1. The molecule has 0 unspecified atom stereocenters. The highest BCUT2D eigenvalue weighted by Gasteiger charge is 2.24. The Bertz CT molecular complexity index is 1330. The van der Waals surface area contributed by atoms with Crippen molar-refractivity contribution in [3.05, 3.63) is 54.1 Å². The van der Waals surface area contributed by atoms with E-state index in [1.807, 2.05) is 6.07 Å². The Balaban J connectivity index is 1.80. The summed E-state index contributed by atoms with van der Waals surface area (Å²) < 4.78 is 28.3. The molecular weight excluding hydrogens is 474 g/mol. The Morgan fingerprint density at radius 3 is 2.59 bits per heavy atom. The van der Waals surface area contributed by atoms with Crippen molar-refractivity contribution < 1.29 is 13.2 Å². The molecule has 0 aliphatic rings. The van der Waals surface area contributed by atoms with Gasteiger partial charge in [-0.15, -0.1) is 10.2 Å². The standard InChI is InChI=1S/C22H25N7O3S2/c1-4-28(5-2)34(31,32)18-11-8-10-16(13-18)20-26-27-22(29(20)24)33-15(3)21(30)25-19-12-7-6-9-17(19)14-23/h6-13,15H,4-5,24H2,1-3H3,(H,25,30)/t15-/m0/s1. The van der Waals surface area contributed by atoms with E-state index in [4.69, 9.17) is 5.84 Å².